The van der Waals surface area contributed by atoms with E-state index >= 15 is 0 Å². The number of rotatable bonds is 8. The van der Waals surface area contributed by atoms with E-state index in [0.29, 0.717) is 12.8 Å². The predicted octanol–water partition coefficient (Wildman–Crippen LogP) is 1.78. The van der Waals surface area contributed by atoms with E-state index in [2.05, 4.69) is 5.32 Å². The number of hydrogen-bond donors (Lipinski definition) is 2. The third-order valence-corrected chi connectivity index (χ3v) is 8.34. The van der Waals surface area contributed by atoms with E-state index in [9.17, 15) is 19.5 Å². The van der Waals surface area contributed by atoms with E-state index < -0.39 is 41.6 Å². The maximum absolute atomic E-state index is 13.9. The van der Waals surface area contributed by atoms with Crippen LogP contribution in [0.5, 0.6) is 0 Å². The molecule has 1 spiro atoms. The van der Waals surface area contributed by atoms with Crippen LogP contribution in [0.15, 0.2) is 0 Å². The summed E-state index contributed by atoms with van der Waals surface area (Å²) in [4.78, 5) is 42.0. The number of amides is 2. The number of esters is 1. The molecular formula is C24H38N2O6. The zero-order valence-electron chi connectivity index (χ0n) is 19.5. The molecule has 2 amide bonds. The zero-order chi connectivity index (χ0) is 23.0. The molecule has 0 aromatic heterocycles. The fraction of sp³-hybridized carbons (Fsp3) is 0.875. The maximum atomic E-state index is 13.9. The van der Waals surface area contributed by atoms with E-state index in [0.717, 1.165) is 32.1 Å². The fourth-order valence-electron chi connectivity index (χ4n) is 6.60. The minimum Gasteiger partial charge on any atom is -0.466 e. The highest BCUT2D eigenvalue weighted by atomic mass is 16.6. The molecule has 0 aromatic carbocycles. The molecule has 4 rings (SSSR count). The zero-order valence-corrected chi connectivity index (χ0v) is 19.5. The lowest BCUT2D eigenvalue weighted by atomic mass is 9.70. The normalized spacial score (nSPS) is 36.1. The number of aliphatic hydroxyl groups excluding tert-OH is 1. The van der Waals surface area contributed by atoms with Gasteiger partial charge in [0.15, 0.2) is 0 Å². The number of fused-ring (bicyclic) bond motifs is 1. The van der Waals surface area contributed by atoms with Gasteiger partial charge in [-0.15, -0.1) is 0 Å². The Balaban J connectivity index is 1.70. The van der Waals surface area contributed by atoms with Crippen molar-refractivity contribution >= 4 is 17.8 Å². The van der Waals surface area contributed by atoms with E-state index in [1.165, 1.54) is 6.42 Å². The third kappa shape index (κ3) is 3.63. The molecular weight excluding hydrogens is 412 g/mol. The Labute approximate surface area is 190 Å². The van der Waals surface area contributed by atoms with Crippen molar-refractivity contribution in [2.45, 2.75) is 102 Å². The quantitative estimate of drug-likeness (QED) is 0.546. The summed E-state index contributed by atoms with van der Waals surface area (Å²) >= 11 is 0. The summed E-state index contributed by atoms with van der Waals surface area (Å²) in [6, 6.07) is -1.24. The Bertz CT molecular complexity index is 738. The first-order chi connectivity index (χ1) is 15.4. The first-order valence-electron chi connectivity index (χ1n) is 12.5. The molecule has 4 aliphatic rings. The Kier molecular flexibility index (Phi) is 6.82. The van der Waals surface area contributed by atoms with Gasteiger partial charge >= 0.3 is 5.97 Å². The summed E-state index contributed by atoms with van der Waals surface area (Å²) in [7, 11) is 0. The molecule has 1 saturated carbocycles. The molecule has 3 saturated heterocycles. The SMILES string of the molecule is CCOC(=O)[C@@H]1[C@@H]2CCC3(O2)C(C(=O)NC2CCCCC2)N([C@@H](CO)[C@@H](C)CC)C(=O)[C@H]13. The van der Waals surface area contributed by atoms with Crippen LogP contribution in [-0.4, -0.2) is 70.8 Å². The van der Waals surface area contributed by atoms with Crippen molar-refractivity contribution in [3.63, 3.8) is 0 Å². The molecule has 0 radical (unpaired) electrons. The summed E-state index contributed by atoms with van der Waals surface area (Å²) < 4.78 is 11.7. The van der Waals surface area contributed by atoms with Gasteiger partial charge in [-0.2, -0.15) is 0 Å². The van der Waals surface area contributed by atoms with Gasteiger partial charge in [0.1, 0.15) is 11.6 Å². The van der Waals surface area contributed by atoms with Crippen molar-refractivity contribution in [3.8, 4) is 0 Å². The van der Waals surface area contributed by atoms with Crippen LogP contribution in [0.25, 0.3) is 0 Å². The molecule has 2 unspecified atom stereocenters. The highest BCUT2D eigenvalue weighted by molar-refractivity contribution is 5.98. The fourth-order valence-corrected chi connectivity index (χ4v) is 6.60. The van der Waals surface area contributed by atoms with Crippen molar-refractivity contribution in [1.82, 2.24) is 10.2 Å². The Morgan fingerprint density at radius 2 is 1.97 bits per heavy atom. The van der Waals surface area contributed by atoms with E-state index in [4.69, 9.17) is 9.47 Å². The second-order valence-electron chi connectivity index (χ2n) is 10.0. The smallest absolute Gasteiger partial charge is 0.312 e. The average molecular weight is 451 g/mol. The van der Waals surface area contributed by atoms with Crippen LogP contribution in [0.3, 0.4) is 0 Å². The van der Waals surface area contributed by atoms with Crippen molar-refractivity contribution in [1.29, 1.82) is 0 Å². The minimum absolute atomic E-state index is 0.00222. The Morgan fingerprint density at radius 1 is 1.25 bits per heavy atom. The first-order valence-corrected chi connectivity index (χ1v) is 12.5. The second kappa shape index (κ2) is 9.29. The van der Waals surface area contributed by atoms with Crippen LogP contribution >= 0.6 is 0 Å². The number of likely N-dealkylation sites (tertiary alicyclic amines) is 1. The van der Waals surface area contributed by atoms with Gasteiger partial charge in [-0.3, -0.25) is 14.4 Å². The molecule has 2 N–H and O–H groups in total. The summed E-state index contributed by atoms with van der Waals surface area (Å²) in [5, 5.41) is 13.5. The number of nitrogens with zero attached hydrogens (tertiary/aromatic N) is 1. The highest BCUT2D eigenvalue weighted by Crippen LogP contribution is 2.59. The molecule has 0 aromatic rings. The molecule has 8 nitrogen and oxygen atoms in total. The lowest BCUT2D eigenvalue weighted by Gasteiger charge is -2.39. The summed E-state index contributed by atoms with van der Waals surface area (Å²) in [6.07, 6.45) is 6.77. The van der Waals surface area contributed by atoms with Gasteiger partial charge < -0.3 is 24.8 Å². The number of carbonyl (C=O) groups is 3. The number of aliphatic hydroxyl groups is 1. The van der Waals surface area contributed by atoms with Crippen molar-refractivity contribution < 1.29 is 29.0 Å². The molecule has 32 heavy (non-hydrogen) atoms. The van der Waals surface area contributed by atoms with E-state index in [1.54, 1.807) is 11.8 Å². The molecule has 4 fully saturated rings. The van der Waals surface area contributed by atoms with Gasteiger partial charge in [0.2, 0.25) is 11.8 Å². The topological polar surface area (TPSA) is 105 Å². The molecule has 7 atom stereocenters. The largest absolute Gasteiger partial charge is 0.466 e. The third-order valence-electron chi connectivity index (χ3n) is 8.34. The number of hydrogen-bond acceptors (Lipinski definition) is 6. The standard InChI is InChI=1S/C24H38N2O6/c1-4-14(3)16(13-27)26-20(21(28)25-15-9-7-6-8-10-15)24-12-11-17(32-24)18(19(24)22(26)29)23(30)31-5-2/h14-20,27H,4-13H2,1-3H3,(H,25,28)/t14-,16-,17-,18+,19-,20?,24?/m0/s1. The molecule has 1 aliphatic carbocycles. The van der Waals surface area contributed by atoms with Crippen molar-refractivity contribution in [2.75, 3.05) is 13.2 Å². The molecule has 180 valence electrons. The maximum Gasteiger partial charge on any atom is 0.312 e. The van der Waals surface area contributed by atoms with Gasteiger partial charge in [-0.1, -0.05) is 39.5 Å². The summed E-state index contributed by atoms with van der Waals surface area (Å²) in [5.41, 5.74) is -1.03. The van der Waals surface area contributed by atoms with Crippen LogP contribution < -0.4 is 5.32 Å². The average Bonchev–Trinajstić information content (AvgIpc) is 3.43. The van der Waals surface area contributed by atoms with Crippen LogP contribution in [-0.2, 0) is 23.9 Å². The molecule has 3 aliphatic heterocycles. The number of ether oxygens (including phenoxy) is 2. The van der Waals surface area contributed by atoms with E-state index in [1.807, 2.05) is 13.8 Å². The number of nitrogens with one attached hydrogen (secondary N) is 1. The van der Waals surface area contributed by atoms with E-state index in [-0.39, 0.29) is 37.0 Å². The minimum atomic E-state index is -1.03. The summed E-state index contributed by atoms with van der Waals surface area (Å²) in [6.45, 7) is 5.74. The second-order valence-corrected chi connectivity index (χ2v) is 10.0. The number of carbonyl (C=O) groups excluding carboxylic acids is 3. The van der Waals surface area contributed by atoms with Gasteiger partial charge in [0, 0.05) is 6.04 Å². The van der Waals surface area contributed by atoms with Crippen LogP contribution in [0.4, 0.5) is 0 Å². The monoisotopic (exact) mass is 450 g/mol. The highest BCUT2D eigenvalue weighted by Gasteiger charge is 2.75. The molecule has 2 bridgehead atoms. The molecule has 3 heterocycles. The van der Waals surface area contributed by atoms with Gasteiger partial charge in [-0.05, 0) is 38.5 Å². The lowest BCUT2D eigenvalue weighted by molar-refractivity contribution is -0.156. The van der Waals surface area contributed by atoms with Crippen LogP contribution in [0.2, 0.25) is 0 Å². The Morgan fingerprint density at radius 3 is 2.59 bits per heavy atom. The lowest BCUT2D eigenvalue weighted by Crippen LogP contribution is -2.60. The van der Waals surface area contributed by atoms with Gasteiger partial charge in [0.05, 0.1) is 37.2 Å². The van der Waals surface area contributed by atoms with Crippen molar-refractivity contribution in [2.24, 2.45) is 17.8 Å². The predicted molar refractivity (Wildman–Crippen MR) is 116 cm³/mol. The van der Waals surface area contributed by atoms with Crippen LogP contribution in [0, 0.1) is 17.8 Å². The first kappa shape index (κ1) is 23.5. The summed E-state index contributed by atoms with van der Waals surface area (Å²) in [5.74, 6) is -2.31. The van der Waals surface area contributed by atoms with Crippen molar-refractivity contribution in [3.05, 3.63) is 0 Å². The van der Waals surface area contributed by atoms with Gasteiger partial charge in [0.25, 0.3) is 0 Å². The van der Waals surface area contributed by atoms with Crippen LogP contribution in [0.1, 0.15) is 72.1 Å². The molecule has 8 heteroatoms. The Hall–Kier alpha value is -1.67. The van der Waals surface area contributed by atoms with Gasteiger partial charge in [-0.25, -0.2) is 0 Å².